The van der Waals surface area contributed by atoms with Crippen molar-refractivity contribution in [3.05, 3.63) is 53.7 Å². The quantitative estimate of drug-likeness (QED) is 0.702. The zero-order chi connectivity index (χ0) is 20.6. The molecule has 0 spiro atoms. The second-order valence-electron chi connectivity index (χ2n) is 7.65. The van der Waals surface area contributed by atoms with Crippen molar-refractivity contribution in [2.75, 3.05) is 29.9 Å². The van der Waals surface area contributed by atoms with Gasteiger partial charge in [0, 0.05) is 31.5 Å². The Morgan fingerprint density at radius 1 is 1.14 bits per heavy atom. The molecule has 0 radical (unpaired) electrons. The molecular weight excluding hydrogens is 366 g/mol. The van der Waals surface area contributed by atoms with Crippen molar-refractivity contribution >= 4 is 23.4 Å². The van der Waals surface area contributed by atoms with Crippen LogP contribution in [-0.2, 0) is 11.3 Å². The molecule has 7 nitrogen and oxygen atoms in total. The summed E-state index contributed by atoms with van der Waals surface area (Å²) in [6, 6.07) is 11.1. The van der Waals surface area contributed by atoms with Gasteiger partial charge in [0.25, 0.3) is 0 Å². The Balaban J connectivity index is 1.38. The third-order valence-corrected chi connectivity index (χ3v) is 5.09. The molecule has 1 aliphatic heterocycles. The van der Waals surface area contributed by atoms with Crippen molar-refractivity contribution in [1.82, 2.24) is 15.6 Å². The second-order valence-corrected chi connectivity index (χ2v) is 7.65. The monoisotopic (exact) mass is 395 g/mol. The molecule has 154 valence electrons. The lowest BCUT2D eigenvalue weighted by molar-refractivity contribution is -0.120. The summed E-state index contributed by atoms with van der Waals surface area (Å²) < 4.78 is 0. The smallest absolute Gasteiger partial charge is 0.319 e. The van der Waals surface area contributed by atoms with Gasteiger partial charge >= 0.3 is 6.03 Å². The first-order valence-electron chi connectivity index (χ1n) is 10.1. The van der Waals surface area contributed by atoms with Gasteiger partial charge in [-0.3, -0.25) is 4.79 Å². The maximum absolute atomic E-state index is 12.0. The van der Waals surface area contributed by atoms with E-state index in [0.29, 0.717) is 12.2 Å². The maximum Gasteiger partial charge on any atom is 0.319 e. The van der Waals surface area contributed by atoms with E-state index >= 15 is 0 Å². The van der Waals surface area contributed by atoms with Crippen LogP contribution in [0, 0.1) is 12.8 Å². The van der Waals surface area contributed by atoms with Crippen LogP contribution in [0.15, 0.2) is 42.6 Å². The molecule has 1 aliphatic rings. The number of nitrogens with zero attached hydrogens (tertiary/aromatic N) is 2. The first-order valence-corrected chi connectivity index (χ1v) is 10.1. The molecule has 3 rings (SSSR count). The molecule has 0 unspecified atom stereocenters. The molecule has 0 atom stereocenters. The van der Waals surface area contributed by atoms with Crippen molar-refractivity contribution < 1.29 is 9.59 Å². The topological polar surface area (TPSA) is 86.4 Å². The molecule has 1 saturated heterocycles. The van der Waals surface area contributed by atoms with Crippen molar-refractivity contribution in [2.24, 2.45) is 5.92 Å². The lowest BCUT2D eigenvalue weighted by atomic mass is 9.99. The summed E-state index contributed by atoms with van der Waals surface area (Å²) in [6.45, 7) is 6.61. The molecule has 0 saturated carbocycles. The number of hydrogen-bond acceptors (Lipinski definition) is 4. The number of aryl methyl sites for hydroxylation is 1. The summed E-state index contributed by atoms with van der Waals surface area (Å²) in [7, 11) is 0. The van der Waals surface area contributed by atoms with Crippen molar-refractivity contribution in [2.45, 2.75) is 33.2 Å². The van der Waals surface area contributed by atoms with Gasteiger partial charge in [-0.15, -0.1) is 0 Å². The number of nitrogens with one attached hydrogen (secondary N) is 3. The van der Waals surface area contributed by atoms with Crippen molar-refractivity contribution in [1.29, 1.82) is 0 Å². The van der Waals surface area contributed by atoms with E-state index in [1.807, 2.05) is 37.3 Å². The van der Waals surface area contributed by atoms with Crippen LogP contribution in [0.4, 0.5) is 16.3 Å². The predicted octanol–water partition coefficient (Wildman–Crippen LogP) is 3.06. The second kappa shape index (κ2) is 9.91. The van der Waals surface area contributed by atoms with Crippen LogP contribution in [0.2, 0.25) is 0 Å². The lowest BCUT2D eigenvalue weighted by Gasteiger charge is -2.31. The standard InChI is InChI=1S/C22H29N5O2/c1-16-8-10-27(11-9-16)20-7-6-18(13-23-20)14-24-21(28)15-25-22(29)26-19-5-3-4-17(2)12-19/h3-7,12-13,16H,8-11,14-15H2,1-2H3,(H,24,28)(H2,25,26,29). The molecule has 0 aliphatic carbocycles. The summed E-state index contributed by atoms with van der Waals surface area (Å²) in [4.78, 5) is 30.7. The van der Waals surface area contributed by atoms with E-state index in [1.165, 1.54) is 12.8 Å². The van der Waals surface area contributed by atoms with Gasteiger partial charge in [0.05, 0.1) is 6.54 Å². The number of carbonyl (C=O) groups excluding carboxylic acids is 2. The normalized spacial score (nSPS) is 14.3. The maximum atomic E-state index is 12.0. The van der Waals surface area contributed by atoms with Crippen LogP contribution >= 0.6 is 0 Å². The van der Waals surface area contributed by atoms with Crippen molar-refractivity contribution in [3.8, 4) is 0 Å². The van der Waals surface area contributed by atoms with E-state index in [1.54, 1.807) is 12.3 Å². The van der Waals surface area contributed by atoms with E-state index in [-0.39, 0.29) is 12.5 Å². The molecule has 1 fully saturated rings. The highest BCUT2D eigenvalue weighted by Gasteiger charge is 2.16. The van der Waals surface area contributed by atoms with Gasteiger partial charge in [0.1, 0.15) is 5.82 Å². The number of piperidine rings is 1. The number of pyridine rings is 1. The molecular formula is C22H29N5O2. The number of anilines is 2. The Bertz CT molecular complexity index is 829. The van der Waals surface area contributed by atoms with Gasteiger partial charge in [-0.05, 0) is 55.0 Å². The zero-order valence-corrected chi connectivity index (χ0v) is 17.1. The molecule has 7 heteroatoms. The van der Waals surface area contributed by atoms with Gasteiger partial charge in [0.2, 0.25) is 5.91 Å². The Morgan fingerprint density at radius 3 is 2.62 bits per heavy atom. The van der Waals surface area contributed by atoms with Crippen LogP contribution in [0.1, 0.15) is 30.9 Å². The molecule has 3 amide bonds. The number of urea groups is 1. The van der Waals surface area contributed by atoms with E-state index in [0.717, 1.165) is 36.0 Å². The van der Waals surface area contributed by atoms with Crippen molar-refractivity contribution in [3.63, 3.8) is 0 Å². The van der Waals surface area contributed by atoms with Crippen LogP contribution in [0.3, 0.4) is 0 Å². The fraction of sp³-hybridized carbons (Fsp3) is 0.409. The van der Waals surface area contributed by atoms with Gasteiger partial charge in [-0.1, -0.05) is 25.1 Å². The summed E-state index contributed by atoms with van der Waals surface area (Å²) in [5.41, 5.74) is 2.67. The minimum absolute atomic E-state index is 0.0882. The molecule has 1 aromatic heterocycles. The van der Waals surface area contributed by atoms with Gasteiger partial charge in [0.15, 0.2) is 0 Å². The fourth-order valence-electron chi connectivity index (χ4n) is 3.27. The van der Waals surface area contributed by atoms with E-state index in [4.69, 9.17) is 0 Å². The van der Waals surface area contributed by atoms with Gasteiger partial charge in [-0.25, -0.2) is 9.78 Å². The number of aromatic nitrogens is 1. The van der Waals surface area contributed by atoms with Crippen LogP contribution in [-0.4, -0.2) is 36.6 Å². The molecule has 0 bridgehead atoms. The average Bonchev–Trinajstić information content (AvgIpc) is 2.72. The van der Waals surface area contributed by atoms with Crippen LogP contribution < -0.4 is 20.9 Å². The highest BCUT2D eigenvalue weighted by molar-refractivity contribution is 5.92. The molecule has 3 N–H and O–H groups in total. The molecule has 29 heavy (non-hydrogen) atoms. The summed E-state index contributed by atoms with van der Waals surface area (Å²) in [6.07, 6.45) is 4.19. The highest BCUT2D eigenvalue weighted by Crippen LogP contribution is 2.21. The Labute approximate surface area is 171 Å². The van der Waals surface area contributed by atoms with Crippen LogP contribution in [0.25, 0.3) is 0 Å². The van der Waals surface area contributed by atoms with Crippen LogP contribution in [0.5, 0.6) is 0 Å². The van der Waals surface area contributed by atoms with Gasteiger partial charge in [-0.2, -0.15) is 0 Å². The highest BCUT2D eigenvalue weighted by atomic mass is 16.2. The minimum atomic E-state index is -0.410. The Kier molecular flexibility index (Phi) is 7.05. The Hall–Kier alpha value is -3.09. The number of carbonyl (C=O) groups is 2. The number of benzene rings is 1. The van der Waals surface area contributed by atoms with E-state index < -0.39 is 6.03 Å². The SMILES string of the molecule is Cc1cccc(NC(=O)NCC(=O)NCc2ccc(N3CCC(C)CC3)nc2)c1. The lowest BCUT2D eigenvalue weighted by Crippen LogP contribution is -2.38. The zero-order valence-electron chi connectivity index (χ0n) is 17.1. The minimum Gasteiger partial charge on any atom is -0.357 e. The van der Waals surface area contributed by atoms with E-state index in [9.17, 15) is 9.59 Å². The number of hydrogen-bond donors (Lipinski definition) is 3. The number of amides is 3. The predicted molar refractivity (Wildman–Crippen MR) is 115 cm³/mol. The third kappa shape index (κ3) is 6.48. The average molecular weight is 396 g/mol. The molecule has 2 aromatic rings. The summed E-state index contributed by atoms with van der Waals surface area (Å²) in [5.74, 6) is 1.52. The largest absolute Gasteiger partial charge is 0.357 e. The third-order valence-electron chi connectivity index (χ3n) is 5.09. The number of rotatable bonds is 6. The summed E-state index contributed by atoms with van der Waals surface area (Å²) >= 11 is 0. The fourth-order valence-corrected chi connectivity index (χ4v) is 3.27. The summed E-state index contributed by atoms with van der Waals surface area (Å²) in [5, 5.41) is 8.06. The Morgan fingerprint density at radius 2 is 1.93 bits per heavy atom. The first kappa shape index (κ1) is 20.6. The molecule has 2 heterocycles. The van der Waals surface area contributed by atoms with E-state index in [2.05, 4.69) is 32.8 Å². The molecule has 1 aromatic carbocycles. The first-order chi connectivity index (χ1) is 14.0. The van der Waals surface area contributed by atoms with Gasteiger partial charge < -0.3 is 20.9 Å².